The molecule has 1 amide bonds. The molecule has 1 N–H and O–H groups in total. The monoisotopic (exact) mass is 259 g/mol. The summed E-state index contributed by atoms with van der Waals surface area (Å²) in [7, 11) is 0. The van der Waals surface area contributed by atoms with Crippen molar-refractivity contribution in [1.82, 2.24) is 5.32 Å². The fourth-order valence-corrected chi connectivity index (χ4v) is 1.17. The summed E-state index contributed by atoms with van der Waals surface area (Å²) in [5, 5.41) is 2.15. The predicted molar refractivity (Wildman–Crippen MR) is 58.5 cm³/mol. The number of hydrogen-bond donors (Lipinski definition) is 1. The molecule has 0 bridgehead atoms. The fraction of sp³-hybridized carbons (Fsp3) is 0.333. The number of nitrogens with one attached hydrogen (secondary N) is 1. The summed E-state index contributed by atoms with van der Waals surface area (Å²) >= 11 is 0. The van der Waals surface area contributed by atoms with Gasteiger partial charge in [0.1, 0.15) is 0 Å². The van der Waals surface area contributed by atoms with Crippen LogP contribution in [0.4, 0.5) is 13.2 Å². The first kappa shape index (κ1) is 14.2. The first-order valence-corrected chi connectivity index (χ1v) is 5.29. The Morgan fingerprint density at radius 2 is 1.78 bits per heavy atom. The molecule has 0 atom stereocenters. The molecular formula is C12H12F3NO2. The van der Waals surface area contributed by atoms with Crippen LogP contribution in [0.1, 0.15) is 24.2 Å². The third-order valence-electron chi connectivity index (χ3n) is 2.35. The van der Waals surface area contributed by atoms with Gasteiger partial charge in [-0.2, -0.15) is 0 Å². The van der Waals surface area contributed by atoms with E-state index in [0.717, 1.165) is 6.07 Å². The third-order valence-corrected chi connectivity index (χ3v) is 2.35. The highest BCUT2D eigenvalue weighted by molar-refractivity contribution is 5.97. The quantitative estimate of drug-likeness (QED) is 0.841. The van der Waals surface area contributed by atoms with E-state index >= 15 is 0 Å². The molecular weight excluding hydrogens is 247 g/mol. The summed E-state index contributed by atoms with van der Waals surface area (Å²) in [6.45, 7) is 3.01. The van der Waals surface area contributed by atoms with Gasteiger partial charge < -0.3 is 5.32 Å². The van der Waals surface area contributed by atoms with Gasteiger partial charge in [0, 0.05) is 5.92 Å². The van der Waals surface area contributed by atoms with Crippen LogP contribution in [-0.4, -0.2) is 18.2 Å². The minimum Gasteiger partial charge on any atom is -0.345 e. The van der Waals surface area contributed by atoms with Crippen LogP contribution in [0.2, 0.25) is 0 Å². The highest BCUT2D eigenvalue weighted by atomic mass is 19.2. The van der Waals surface area contributed by atoms with E-state index in [-0.39, 0.29) is 18.2 Å². The van der Waals surface area contributed by atoms with Crippen molar-refractivity contribution in [1.29, 1.82) is 0 Å². The van der Waals surface area contributed by atoms with Crippen molar-refractivity contribution in [3.05, 3.63) is 35.1 Å². The second-order valence-corrected chi connectivity index (χ2v) is 4.03. The zero-order valence-corrected chi connectivity index (χ0v) is 9.89. The third kappa shape index (κ3) is 3.09. The Balaban J connectivity index is 2.80. The number of carbonyl (C=O) groups excluding carboxylic acids is 2. The maximum absolute atomic E-state index is 13.2. The average Bonchev–Trinajstić information content (AvgIpc) is 2.32. The van der Waals surface area contributed by atoms with Gasteiger partial charge in [0.15, 0.2) is 23.2 Å². The van der Waals surface area contributed by atoms with Crippen LogP contribution in [0.25, 0.3) is 0 Å². The molecule has 0 saturated heterocycles. The fourth-order valence-electron chi connectivity index (χ4n) is 1.17. The smallest absolute Gasteiger partial charge is 0.254 e. The molecule has 0 saturated carbocycles. The highest BCUT2D eigenvalue weighted by Crippen LogP contribution is 2.14. The van der Waals surface area contributed by atoms with Gasteiger partial charge in [-0.25, -0.2) is 13.2 Å². The minimum atomic E-state index is -1.71. The summed E-state index contributed by atoms with van der Waals surface area (Å²) in [5.74, 6) is -6.13. The molecule has 1 rings (SSSR count). The molecule has 0 fully saturated rings. The van der Waals surface area contributed by atoms with Crippen molar-refractivity contribution in [3.63, 3.8) is 0 Å². The molecule has 0 radical (unpaired) electrons. The van der Waals surface area contributed by atoms with Gasteiger partial charge in [-0.15, -0.1) is 0 Å². The van der Waals surface area contributed by atoms with E-state index in [1.807, 2.05) is 0 Å². The Kier molecular flexibility index (Phi) is 4.47. The lowest BCUT2D eigenvalue weighted by Crippen LogP contribution is -2.32. The lowest BCUT2D eigenvalue weighted by Gasteiger charge is -2.07. The van der Waals surface area contributed by atoms with Gasteiger partial charge in [-0.1, -0.05) is 13.8 Å². The van der Waals surface area contributed by atoms with Crippen molar-refractivity contribution >= 4 is 11.7 Å². The van der Waals surface area contributed by atoms with Crippen LogP contribution in [0.3, 0.4) is 0 Å². The number of Topliss-reactive ketones (excluding diaryl/α,β-unsaturated/α-hetero) is 1. The lowest BCUT2D eigenvalue weighted by atomic mass is 10.1. The number of carbonyl (C=O) groups is 2. The maximum atomic E-state index is 13.2. The van der Waals surface area contributed by atoms with E-state index in [1.54, 1.807) is 13.8 Å². The minimum absolute atomic E-state index is 0.244. The molecule has 3 nitrogen and oxygen atoms in total. The van der Waals surface area contributed by atoms with E-state index in [4.69, 9.17) is 0 Å². The van der Waals surface area contributed by atoms with Gasteiger partial charge in [-0.05, 0) is 12.1 Å². The first-order chi connectivity index (χ1) is 8.34. The molecule has 18 heavy (non-hydrogen) atoms. The molecule has 0 aliphatic heterocycles. The molecule has 6 heteroatoms. The van der Waals surface area contributed by atoms with E-state index in [2.05, 4.69) is 5.32 Å². The van der Waals surface area contributed by atoms with Gasteiger partial charge in [0.2, 0.25) is 0 Å². The zero-order valence-electron chi connectivity index (χ0n) is 9.89. The SMILES string of the molecule is CC(C)C(=O)CNC(=O)c1ccc(F)c(F)c1F. The van der Waals surface area contributed by atoms with Crippen LogP contribution in [0.15, 0.2) is 12.1 Å². The highest BCUT2D eigenvalue weighted by Gasteiger charge is 2.19. The standard InChI is InChI=1S/C12H12F3NO2/c1-6(2)9(17)5-16-12(18)7-3-4-8(13)11(15)10(7)14/h3-4,6H,5H2,1-2H3,(H,16,18). The molecule has 0 unspecified atom stereocenters. The Hall–Kier alpha value is -1.85. The molecule has 0 spiro atoms. The summed E-state index contributed by atoms with van der Waals surface area (Å²) in [6.07, 6.45) is 0. The second-order valence-electron chi connectivity index (χ2n) is 4.03. The van der Waals surface area contributed by atoms with Crippen molar-refractivity contribution in [2.45, 2.75) is 13.8 Å². The van der Waals surface area contributed by atoms with E-state index < -0.39 is 28.9 Å². The van der Waals surface area contributed by atoms with Crippen molar-refractivity contribution in [2.75, 3.05) is 6.54 Å². The summed E-state index contributed by atoms with van der Waals surface area (Å²) in [6, 6.07) is 1.47. The average molecular weight is 259 g/mol. The number of hydrogen-bond acceptors (Lipinski definition) is 2. The molecule has 0 aliphatic carbocycles. The number of benzene rings is 1. The number of ketones is 1. The largest absolute Gasteiger partial charge is 0.345 e. The van der Waals surface area contributed by atoms with Gasteiger partial charge in [0.25, 0.3) is 5.91 Å². The Bertz CT molecular complexity index is 486. The van der Waals surface area contributed by atoms with Crippen molar-refractivity contribution in [2.24, 2.45) is 5.92 Å². The molecule has 98 valence electrons. The first-order valence-electron chi connectivity index (χ1n) is 5.29. The molecule has 1 aromatic carbocycles. The van der Waals surface area contributed by atoms with E-state index in [1.165, 1.54) is 0 Å². The normalized spacial score (nSPS) is 10.6. The topological polar surface area (TPSA) is 46.2 Å². The van der Waals surface area contributed by atoms with Gasteiger partial charge in [-0.3, -0.25) is 9.59 Å². The molecule has 0 aliphatic rings. The molecule has 0 aromatic heterocycles. The Morgan fingerprint density at radius 1 is 1.17 bits per heavy atom. The van der Waals surface area contributed by atoms with Crippen LogP contribution in [-0.2, 0) is 4.79 Å². The predicted octanol–water partition coefficient (Wildman–Crippen LogP) is 2.06. The number of amides is 1. The lowest BCUT2D eigenvalue weighted by molar-refractivity contribution is -0.120. The Labute approximate surface area is 102 Å². The van der Waals surface area contributed by atoms with Gasteiger partial charge in [0.05, 0.1) is 12.1 Å². The van der Waals surface area contributed by atoms with Crippen molar-refractivity contribution in [3.8, 4) is 0 Å². The van der Waals surface area contributed by atoms with E-state index in [9.17, 15) is 22.8 Å². The summed E-state index contributed by atoms with van der Waals surface area (Å²) in [5.41, 5.74) is -0.634. The molecule has 0 heterocycles. The maximum Gasteiger partial charge on any atom is 0.254 e. The van der Waals surface area contributed by atoms with Gasteiger partial charge >= 0.3 is 0 Å². The van der Waals surface area contributed by atoms with Crippen molar-refractivity contribution < 1.29 is 22.8 Å². The number of halogens is 3. The second kappa shape index (κ2) is 5.66. The Morgan fingerprint density at radius 3 is 2.33 bits per heavy atom. The zero-order chi connectivity index (χ0) is 13.9. The molecule has 1 aromatic rings. The summed E-state index contributed by atoms with van der Waals surface area (Å²) < 4.78 is 38.8. The number of rotatable bonds is 4. The van der Waals surface area contributed by atoms with Crippen LogP contribution >= 0.6 is 0 Å². The van der Waals surface area contributed by atoms with E-state index in [0.29, 0.717) is 6.07 Å². The van der Waals surface area contributed by atoms with Crippen LogP contribution in [0.5, 0.6) is 0 Å². The summed E-state index contributed by atoms with van der Waals surface area (Å²) in [4.78, 5) is 22.7. The van der Waals surface area contributed by atoms with Crippen LogP contribution in [0, 0.1) is 23.4 Å². The van der Waals surface area contributed by atoms with Crippen LogP contribution < -0.4 is 5.32 Å².